The Hall–Kier alpha value is -7.94. The average molecular weight is 803 g/mol. The molecule has 0 bridgehead atoms. The first-order chi connectivity index (χ1) is 31.2. The molecule has 2 heteroatoms. The first-order valence-corrected chi connectivity index (χ1v) is 22.2. The lowest BCUT2D eigenvalue weighted by atomic mass is 9.84. The smallest absolute Gasteiger partial charge is 0.0619 e. The maximum atomic E-state index is 2.52. The Morgan fingerprint density at radius 3 is 1.49 bits per heavy atom. The summed E-state index contributed by atoms with van der Waals surface area (Å²) in [5.41, 5.74) is 14.7. The van der Waals surface area contributed by atoms with Crippen molar-refractivity contribution in [3.05, 3.63) is 218 Å². The van der Waals surface area contributed by atoms with Crippen LogP contribution >= 0.6 is 0 Å². The highest BCUT2D eigenvalue weighted by molar-refractivity contribution is 6.25. The third kappa shape index (κ3) is 5.38. The van der Waals surface area contributed by atoms with Crippen LogP contribution in [0.15, 0.2) is 218 Å². The second kappa shape index (κ2) is 14.1. The van der Waals surface area contributed by atoms with E-state index in [1.165, 1.54) is 115 Å². The molecule has 296 valence electrons. The summed E-state index contributed by atoms with van der Waals surface area (Å²) in [6, 6.07) is 74.4. The van der Waals surface area contributed by atoms with Crippen LogP contribution in [0.1, 0.15) is 13.3 Å². The zero-order chi connectivity index (χ0) is 41.6. The molecular formula is C61H42N2. The van der Waals surface area contributed by atoms with E-state index in [0.29, 0.717) is 5.92 Å². The van der Waals surface area contributed by atoms with Gasteiger partial charge in [-0.05, 0) is 103 Å². The third-order valence-electron chi connectivity index (χ3n) is 13.6. The zero-order valence-corrected chi connectivity index (χ0v) is 35.0. The monoisotopic (exact) mass is 802 g/mol. The van der Waals surface area contributed by atoms with Crippen molar-refractivity contribution in [2.45, 2.75) is 13.3 Å². The van der Waals surface area contributed by atoms with Gasteiger partial charge in [0.1, 0.15) is 0 Å². The maximum absolute atomic E-state index is 2.52. The van der Waals surface area contributed by atoms with Crippen LogP contribution in [0.2, 0.25) is 0 Å². The fourth-order valence-corrected chi connectivity index (χ4v) is 10.8. The molecule has 1 unspecified atom stereocenters. The van der Waals surface area contributed by atoms with E-state index in [1.807, 2.05) is 0 Å². The first-order valence-electron chi connectivity index (χ1n) is 22.2. The molecule has 0 amide bonds. The van der Waals surface area contributed by atoms with Gasteiger partial charge in [0.05, 0.1) is 22.1 Å². The van der Waals surface area contributed by atoms with Gasteiger partial charge in [0.15, 0.2) is 0 Å². The third-order valence-corrected chi connectivity index (χ3v) is 13.6. The summed E-state index contributed by atoms with van der Waals surface area (Å²) in [6.07, 6.45) is 8.13. The van der Waals surface area contributed by atoms with Crippen LogP contribution in [0.25, 0.3) is 121 Å². The van der Waals surface area contributed by atoms with Gasteiger partial charge < -0.3 is 9.13 Å². The van der Waals surface area contributed by atoms with Crippen LogP contribution in [0.5, 0.6) is 0 Å². The second-order valence-corrected chi connectivity index (χ2v) is 17.2. The van der Waals surface area contributed by atoms with Crippen molar-refractivity contribution in [1.82, 2.24) is 9.13 Å². The molecule has 1 atom stereocenters. The van der Waals surface area contributed by atoms with Crippen LogP contribution in [0.3, 0.4) is 0 Å². The van der Waals surface area contributed by atoms with Crippen LogP contribution in [-0.4, -0.2) is 9.13 Å². The van der Waals surface area contributed by atoms with Crippen LogP contribution in [-0.2, 0) is 0 Å². The number of allylic oxidation sites excluding steroid dienone is 4. The molecule has 10 aromatic carbocycles. The van der Waals surface area contributed by atoms with Gasteiger partial charge in [0.2, 0.25) is 0 Å². The van der Waals surface area contributed by atoms with E-state index in [0.717, 1.165) is 12.1 Å². The molecule has 1 aliphatic carbocycles. The average Bonchev–Trinajstić information content (AvgIpc) is 3.87. The predicted molar refractivity (Wildman–Crippen MR) is 270 cm³/mol. The Bertz CT molecular complexity index is 3890. The van der Waals surface area contributed by atoms with Crippen molar-refractivity contribution in [2.75, 3.05) is 0 Å². The number of fused-ring (bicyclic) bond motifs is 9. The molecule has 2 aromatic heterocycles. The van der Waals surface area contributed by atoms with Gasteiger partial charge in [0.25, 0.3) is 0 Å². The lowest BCUT2D eigenvalue weighted by Crippen LogP contribution is -2.01. The molecule has 63 heavy (non-hydrogen) atoms. The minimum atomic E-state index is 0.522. The number of nitrogens with zero attached hydrogens (tertiary/aromatic N) is 2. The highest BCUT2D eigenvalue weighted by Gasteiger charge is 2.23. The minimum Gasteiger partial charge on any atom is -0.309 e. The second-order valence-electron chi connectivity index (χ2n) is 17.2. The molecule has 0 N–H and O–H groups in total. The van der Waals surface area contributed by atoms with E-state index in [1.54, 1.807) is 0 Å². The fourth-order valence-electron chi connectivity index (χ4n) is 10.8. The predicted octanol–water partition coefficient (Wildman–Crippen LogP) is 16.8. The lowest BCUT2D eigenvalue weighted by Gasteiger charge is -2.20. The molecule has 13 rings (SSSR count). The van der Waals surface area contributed by atoms with Gasteiger partial charge in [-0.2, -0.15) is 0 Å². The molecule has 0 saturated carbocycles. The van der Waals surface area contributed by atoms with Crippen LogP contribution < -0.4 is 0 Å². The summed E-state index contributed by atoms with van der Waals surface area (Å²) in [5, 5.41) is 12.5. The number of aromatic nitrogens is 2. The van der Waals surface area contributed by atoms with E-state index in [-0.39, 0.29) is 0 Å². The zero-order valence-electron chi connectivity index (χ0n) is 35.0. The Morgan fingerprint density at radius 1 is 0.381 bits per heavy atom. The summed E-state index contributed by atoms with van der Waals surface area (Å²) in [7, 11) is 0. The topological polar surface area (TPSA) is 9.86 Å². The van der Waals surface area contributed by atoms with E-state index in [4.69, 9.17) is 0 Å². The van der Waals surface area contributed by atoms with Gasteiger partial charge in [-0.15, -0.1) is 0 Å². The number of hydrogen-bond donors (Lipinski definition) is 0. The van der Waals surface area contributed by atoms with E-state index in [9.17, 15) is 0 Å². The molecule has 0 aliphatic heterocycles. The Kier molecular flexibility index (Phi) is 7.98. The Balaban J connectivity index is 1.18. The number of hydrogen-bond acceptors (Lipinski definition) is 0. The fraction of sp³-hybridized carbons (Fsp3) is 0.0492. The molecule has 2 nitrogen and oxygen atoms in total. The molecule has 12 aromatic rings. The molecule has 0 radical (unpaired) electrons. The minimum absolute atomic E-state index is 0.522. The normalized spacial score (nSPS) is 14.2. The van der Waals surface area contributed by atoms with Gasteiger partial charge in [-0.25, -0.2) is 0 Å². The first kappa shape index (κ1) is 35.8. The largest absolute Gasteiger partial charge is 0.309 e. The summed E-state index contributed by atoms with van der Waals surface area (Å²) < 4.78 is 4.98. The van der Waals surface area contributed by atoms with E-state index >= 15 is 0 Å². The van der Waals surface area contributed by atoms with Crippen molar-refractivity contribution < 1.29 is 0 Å². The Morgan fingerprint density at radius 2 is 0.857 bits per heavy atom. The van der Waals surface area contributed by atoms with Crippen molar-refractivity contribution in [2.24, 2.45) is 5.92 Å². The number of rotatable bonds is 5. The lowest BCUT2D eigenvalue weighted by molar-refractivity contribution is 0.735. The highest BCUT2D eigenvalue weighted by atomic mass is 15.0. The summed E-state index contributed by atoms with van der Waals surface area (Å²) in [5.74, 6) is 0.522. The molecule has 0 spiro atoms. The van der Waals surface area contributed by atoms with Crippen molar-refractivity contribution >= 4 is 81.6 Å². The van der Waals surface area contributed by atoms with Crippen molar-refractivity contribution in [3.8, 4) is 39.1 Å². The standard InChI is InChI=1S/C61H42N2/c1-39-34-36-42(37-35-39)63-58-33-10-8-22-47(58)54-31-15-29-52(61(54)63)45-24-13-27-50-56(45)38-55-44(23-12-26-49(55)59(50)48-25-11-17-40-16-5-6-20-43(40)48)51-28-14-30-53-46-21-7-9-32-57(46)62(60(51)53)41-18-3-2-4-19-41/h2-34,36-39H,35H2,1H3. The van der Waals surface area contributed by atoms with Gasteiger partial charge in [0, 0.05) is 44.1 Å². The summed E-state index contributed by atoms with van der Waals surface area (Å²) in [6.45, 7) is 2.30. The SMILES string of the molecule is CC1C=CC(n2c3ccccc3c3cccc(-c4cccc5c(-c6cccc7ccccc67)c6cccc(-c7cccc8c9ccccc9n(-c9ccccc9)c78)c6cc45)c32)=CC1. The number of benzene rings is 10. The maximum Gasteiger partial charge on any atom is 0.0619 e. The van der Waals surface area contributed by atoms with Gasteiger partial charge in [-0.3, -0.25) is 0 Å². The molecule has 0 fully saturated rings. The van der Waals surface area contributed by atoms with Gasteiger partial charge >= 0.3 is 0 Å². The molecule has 0 saturated heterocycles. The summed E-state index contributed by atoms with van der Waals surface area (Å²) in [4.78, 5) is 0. The van der Waals surface area contributed by atoms with Gasteiger partial charge in [-0.1, -0.05) is 189 Å². The quantitative estimate of drug-likeness (QED) is 0.153. The molecule has 2 heterocycles. The molecular weight excluding hydrogens is 761 g/mol. The van der Waals surface area contributed by atoms with E-state index < -0.39 is 0 Å². The van der Waals surface area contributed by atoms with E-state index in [2.05, 4.69) is 234 Å². The summed E-state index contributed by atoms with van der Waals surface area (Å²) >= 11 is 0. The van der Waals surface area contributed by atoms with Crippen LogP contribution in [0, 0.1) is 5.92 Å². The van der Waals surface area contributed by atoms with Crippen molar-refractivity contribution in [1.29, 1.82) is 0 Å². The Labute approximate surface area is 365 Å². The molecule has 1 aliphatic rings. The highest BCUT2D eigenvalue weighted by Crippen LogP contribution is 2.48. The van der Waals surface area contributed by atoms with Crippen LogP contribution in [0.4, 0.5) is 0 Å². The number of para-hydroxylation sites is 5. The van der Waals surface area contributed by atoms with Crippen molar-refractivity contribution in [3.63, 3.8) is 0 Å².